The minimum Gasteiger partial charge on any atom is -0.496 e. The van der Waals surface area contributed by atoms with Crippen molar-refractivity contribution in [3.05, 3.63) is 88.7 Å². The molecule has 0 aliphatic carbocycles. The number of ether oxygens (including phenoxy) is 3. The molecule has 0 saturated heterocycles. The van der Waals surface area contributed by atoms with Crippen LogP contribution in [-0.4, -0.2) is 42.2 Å². The summed E-state index contributed by atoms with van der Waals surface area (Å²) in [6.07, 6.45) is 0.648. The molecule has 0 bridgehead atoms. The molecule has 0 amide bonds. The van der Waals surface area contributed by atoms with Gasteiger partial charge in [0, 0.05) is 5.56 Å². The molecule has 2 heterocycles. The molecule has 0 aliphatic rings. The minimum atomic E-state index is -0.828. The number of rotatable bonds is 7. The number of carbonyl (C=O) groups excluding carboxylic acids is 1. The lowest BCUT2D eigenvalue weighted by molar-refractivity contribution is -0.147. The molecule has 5 aromatic rings. The fourth-order valence-corrected chi connectivity index (χ4v) is 3.93. The molecule has 186 valence electrons. The van der Waals surface area contributed by atoms with Crippen molar-refractivity contribution < 1.29 is 23.4 Å². The predicted molar refractivity (Wildman–Crippen MR) is 139 cm³/mol. The third kappa shape index (κ3) is 4.54. The number of hydrogen-bond acceptors (Lipinski definition) is 8. The van der Waals surface area contributed by atoms with Crippen molar-refractivity contribution in [2.75, 3.05) is 14.2 Å². The molecule has 0 N–H and O–H groups in total. The highest BCUT2D eigenvalue weighted by atomic mass is 16.6. The third-order valence-electron chi connectivity index (χ3n) is 5.78. The number of esters is 1. The Hall–Kier alpha value is -4.92. The molecule has 9 nitrogen and oxygen atoms in total. The second kappa shape index (κ2) is 9.98. The Bertz CT molecular complexity index is 1700. The summed E-state index contributed by atoms with van der Waals surface area (Å²) in [5.74, 6) is 1.10. The van der Waals surface area contributed by atoms with Crippen LogP contribution in [0.4, 0.5) is 0 Å². The molecule has 0 fully saturated rings. The summed E-state index contributed by atoms with van der Waals surface area (Å²) in [7, 11) is 2.88. The summed E-state index contributed by atoms with van der Waals surface area (Å²) in [5, 5.41) is 5.63. The van der Waals surface area contributed by atoms with E-state index in [1.54, 1.807) is 62.6 Å². The van der Waals surface area contributed by atoms with Gasteiger partial charge in [-0.25, -0.2) is 9.78 Å². The number of benzene rings is 3. The Morgan fingerprint density at radius 1 is 1.00 bits per heavy atom. The number of nitrogens with zero attached hydrogens (tertiary/aromatic N) is 3. The summed E-state index contributed by atoms with van der Waals surface area (Å²) in [4.78, 5) is 30.1. The van der Waals surface area contributed by atoms with Crippen molar-refractivity contribution in [2.24, 2.45) is 5.10 Å². The van der Waals surface area contributed by atoms with Crippen LogP contribution in [-0.2, 0) is 9.53 Å². The van der Waals surface area contributed by atoms with Crippen LogP contribution >= 0.6 is 0 Å². The summed E-state index contributed by atoms with van der Waals surface area (Å²) >= 11 is 0. The number of furan rings is 1. The van der Waals surface area contributed by atoms with Crippen molar-refractivity contribution >= 4 is 34.1 Å². The number of methoxy groups -OCH3 is 2. The zero-order chi connectivity index (χ0) is 25.9. The van der Waals surface area contributed by atoms with Gasteiger partial charge in [0.15, 0.2) is 11.9 Å². The van der Waals surface area contributed by atoms with Gasteiger partial charge in [0.05, 0.1) is 36.7 Å². The Kier molecular flexibility index (Phi) is 6.42. The van der Waals surface area contributed by atoms with Crippen LogP contribution in [0.5, 0.6) is 11.5 Å². The van der Waals surface area contributed by atoms with Gasteiger partial charge in [-0.3, -0.25) is 4.79 Å². The average Bonchev–Trinajstić information content (AvgIpc) is 3.37. The Labute approximate surface area is 211 Å². The molecule has 0 radical (unpaired) electrons. The molecule has 1 atom stereocenters. The SMILES string of the molecule is COC(=O)[C@H](C)Oc1ccccc1C=Nn1c(-c2cc3c(OC)cccc3o2)nc2ccccc2c1=O. The van der Waals surface area contributed by atoms with E-state index in [0.29, 0.717) is 39.3 Å². The first kappa shape index (κ1) is 23.8. The second-order valence-corrected chi connectivity index (χ2v) is 8.12. The van der Waals surface area contributed by atoms with Crippen LogP contribution in [0.15, 0.2) is 87.1 Å². The molecule has 2 aromatic heterocycles. The quantitative estimate of drug-likeness (QED) is 0.238. The molecule has 0 saturated carbocycles. The molecular weight excluding hydrogens is 474 g/mol. The first-order valence-electron chi connectivity index (χ1n) is 11.5. The summed E-state index contributed by atoms with van der Waals surface area (Å²) < 4.78 is 23.2. The van der Waals surface area contributed by atoms with E-state index in [2.05, 4.69) is 5.10 Å². The smallest absolute Gasteiger partial charge is 0.346 e. The van der Waals surface area contributed by atoms with Crippen molar-refractivity contribution in [2.45, 2.75) is 13.0 Å². The van der Waals surface area contributed by atoms with Gasteiger partial charge in [-0.15, -0.1) is 0 Å². The van der Waals surface area contributed by atoms with E-state index < -0.39 is 12.1 Å². The first-order valence-corrected chi connectivity index (χ1v) is 11.5. The number of para-hydroxylation sites is 2. The maximum atomic E-state index is 13.5. The van der Waals surface area contributed by atoms with Gasteiger partial charge in [0.1, 0.15) is 17.1 Å². The number of aromatic nitrogens is 2. The van der Waals surface area contributed by atoms with Gasteiger partial charge < -0.3 is 18.6 Å². The maximum absolute atomic E-state index is 13.5. The Balaban J connectivity index is 1.65. The van der Waals surface area contributed by atoms with E-state index in [0.717, 1.165) is 5.39 Å². The highest BCUT2D eigenvalue weighted by Crippen LogP contribution is 2.33. The molecule has 0 spiro atoms. The topological polar surface area (TPSA) is 105 Å². The number of carbonyl (C=O) groups is 1. The number of hydrogen-bond donors (Lipinski definition) is 0. The second-order valence-electron chi connectivity index (χ2n) is 8.12. The molecule has 9 heteroatoms. The molecule has 5 rings (SSSR count). The van der Waals surface area contributed by atoms with Gasteiger partial charge >= 0.3 is 5.97 Å². The molecule has 0 aliphatic heterocycles. The van der Waals surface area contributed by atoms with E-state index in [9.17, 15) is 9.59 Å². The van der Waals surface area contributed by atoms with Crippen LogP contribution in [0.3, 0.4) is 0 Å². The van der Waals surface area contributed by atoms with E-state index in [1.165, 1.54) is 18.0 Å². The van der Waals surface area contributed by atoms with Gasteiger partial charge in [-0.1, -0.05) is 30.3 Å². The minimum absolute atomic E-state index is 0.222. The predicted octanol–water partition coefficient (Wildman–Crippen LogP) is 4.64. The van der Waals surface area contributed by atoms with E-state index in [4.69, 9.17) is 23.6 Å². The average molecular weight is 498 g/mol. The van der Waals surface area contributed by atoms with Gasteiger partial charge in [0.25, 0.3) is 5.56 Å². The van der Waals surface area contributed by atoms with Crippen molar-refractivity contribution in [3.63, 3.8) is 0 Å². The monoisotopic (exact) mass is 497 g/mol. The van der Waals surface area contributed by atoms with Gasteiger partial charge in [-0.2, -0.15) is 9.78 Å². The van der Waals surface area contributed by atoms with Gasteiger partial charge in [0.2, 0.25) is 5.82 Å². The lowest BCUT2D eigenvalue weighted by Crippen LogP contribution is -2.25. The van der Waals surface area contributed by atoms with Crippen LogP contribution in [0.2, 0.25) is 0 Å². The van der Waals surface area contributed by atoms with Crippen molar-refractivity contribution in [3.8, 4) is 23.1 Å². The number of fused-ring (bicyclic) bond motifs is 2. The Morgan fingerprint density at radius 3 is 2.57 bits per heavy atom. The highest BCUT2D eigenvalue weighted by molar-refractivity contribution is 5.89. The maximum Gasteiger partial charge on any atom is 0.346 e. The standard InChI is InChI=1S/C28H23N3O6/c1-17(28(33)35-3)36-22-12-7-4-9-18(22)16-29-31-26(30-21-11-6-5-10-19(21)27(31)32)25-15-20-23(34-2)13-8-14-24(20)37-25/h4-17H,1-3H3/t17-/m0/s1. The zero-order valence-corrected chi connectivity index (χ0v) is 20.4. The highest BCUT2D eigenvalue weighted by Gasteiger charge is 2.19. The van der Waals surface area contributed by atoms with E-state index in [-0.39, 0.29) is 11.4 Å². The summed E-state index contributed by atoms with van der Waals surface area (Å²) in [6, 6.07) is 21.3. The largest absolute Gasteiger partial charge is 0.496 e. The fraction of sp³-hybridized carbons (Fsp3) is 0.143. The van der Waals surface area contributed by atoms with Gasteiger partial charge in [-0.05, 0) is 49.4 Å². The Morgan fingerprint density at radius 2 is 1.76 bits per heavy atom. The van der Waals surface area contributed by atoms with Crippen LogP contribution in [0, 0.1) is 0 Å². The summed E-state index contributed by atoms with van der Waals surface area (Å²) in [6.45, 7) is 1.59. The third-order valence-corrected chi connectivity index (χ3v) is 5.78. The van der Waals surface area contributed by atoms with Crippen molar-refractivity contribution in [1.29, 1.82) is 0 Å². The summed E-state index contributed by atoms with van der Waals surface area (Å²) in [5.41, 5.74) is 1.28. The van der Waals surface area contributed by atoms with Crippen LogP contribution in [0.25, 0.3) is 33.5 Å². The van der Waals surface area contributed by atoms with E-state index in [1.807, 2.05) is 24.3 Å². The zero-order valence-electron chi connectivity index (χ0n) is 20.4. The normalized spacial score (nSPS) is 12.2. The lowest BCUT2D eigenvalue weighted by atomic mass is 10.2. The molecular formula is C28H23N3O6. The fourth-order valence-electron chi connectivity index (χ4n) is 3.93. The lowest BCUT2D eigenvalue weighted by Gasteiger charge is -2.14. The first-order chi connectivity index (χ1) is 18.0. The van der Waals surface area contributed by atoms with E-state index >= 15 is 0 Å². The van der Waals surface area contributed by atoms with Crippen LogP contribution < -0.4 is 15.0 Å². The van der Waals surface area contributed by atoms with Crippen molar-refractivity contribution in [1.82, 2.24) is 9.66 Å². The molecule has 3 aromatic carbocycles. The molecule has 37 heavy (non-hydrogen) atoms. The van der Waals surface area contributed by atoms with Crippen LogP contribution in [0.1, 0.15) is 12.5 Å². The molecule has 0 unspecified atom stereocenters.